The summed E-state index contributed by atoms with van der Waals surface area (Å²) < 4.78 is 5.35. The van der Waals surface area contributed by atoms with Gasteiger partial charge in [-0.2, -0.15) is 0 Å². The number of rotatable bonds is 5. The average Bonchev–Trinajstić information content (AvgIpc) is 2.27. The summed E-state index contributed by atoms with van der Waals surface area (Å²) in [5, 5.41) is 0. The highest BCUT2D eigenvalue weighted by atomic mass is 16.5. The van der Waals surface area contributed by atoms with Crippen molar-refractivity contribution in [3.05, 3.63) is 29.3 Å². The van der Waals surface area contributed by atoms with Crippen LogP contribution in [0, 0.1) is 0 Å². The molecule has 1 aromatic rings. The van der Waals surface area contributed by atoms with Crippen molar-refractivity contribution in [3.63, 3.8) is 0 Å². The number of ether oxygens (including phenoxy) is 1. The average molecular weight is 235 g/mol. The van der Waals surface area contributed by atoms with E-state index in [0.717, 1.165) is 11.3 Å². The fraction of sp³-hybridized carbons (Fsp3) is 0.500. The Hall–Kier alpha value is -1.35. The van der Waals surface area contributed by atoms with Crippen LogP contribution < -0.4 is 10.5 Å². The summed E-state index contributed by atoms with van der Waals surface area (Å²) >= 11 is 0. The number of carbonyl (C=O) groups is 1. The fourth-order valence-corrected chi connectivity index (χ4v) is 1.81. The highest BCUT2D eigenvalue weighted by Crippen LogP contribution is 2.29. The fourth-order valence-electron chi connectivity index (χ4n) is 1.81. The summed E-state index contributed by atoms with van der Waals surface area (Å²) in [5.74, 6) is 1.31. The summed E-state index contributed by atoms with van der Waals surface area (Å²) in [5.41, 5.74) is 8.10. The van der Waals surface area contributed by atoms with Crippen molar-refractivity contribution in [2.24, 2.45) is 5.73 Å². The van der Waals surface area contributed by atoms with Crippen LogP contribution in [0.1, 0.15) is 50.3 Å². The molecule has 0 bridgehead atoms. The molecule has 0 aliphatic carbocycles. The lowest BCUT2D eigenvalue weighted by atomic mass is 9.96. The highest BCUT2D eigenvalue weighted by Gasteiger charge is 2.14. The molecule has 0 fully saturated rings. The number of carbonyl (C=O) groups excluding carboxylic acids is 1. The number of benzene rings is 1. The predicted octanol–water partition coefficient (Wildman–Crippen LogP) is 2.80. The van der Waals surface area contributed by atoms with Crippen LogP contribution in [0.2, 0.25) is 0 Å². The predicted molar refractivity (Wildman–Crippen MR) is 69.3 cm³/mol. The lowest BCUT2D eigenvalue weighted by Crippen LogP contribution is -2.15. The number of hydrogen-bond donors (Lipinski definition) is 1. The molecule has 1 unspecified atom stereocenters. The maximum absolute atomic E-state index is 11.1. The second-order valence-corrected chi connectivity index (χ2v) is 4.67. The Kier molecular flexibility index (Phi) is 4.70. The molecule has 0 heterocycles. The lowest BCUT2D eigenvalue weighted by Gasteiger charge is -2.16. The Balaban J connectivity index is 3.03. The smallest absolute Gasteiger partial charge is 0.131 e. The van der Waals surface area contributed by atoms with E-state index < -0.39 is 0 Å². The summed E-state index contributed by atoms with van der Waals surface area (Å²) in [6.07, 6.45) is 0.345. The SMILES string of the molecule is COc1cc(C(C)C)ccc1C(N)CC(C)=O. The maximum Gasteiger partial charge on any atom is 0.131 e. The molecule has 0 aliphatic rings. The van der Waals surface area contributed by atoms with Crippen molar-refractivity contribution in [2.45, 2.75) is 39.2 Å². The van der Waals surface area contributed by atoms with Crippen LogP contribution in [0.4, 0.5) is 0 Å². The number of hydrogen-bond acceptors (Lipinski definition) is 3. The van der Waals surface area contributed by atoms with E-state index in [9.17, 15) is 4.79 Å². The van der Waals surface area contributed by atoms with Crippen LogP contribution in [0.15, 0.2) is 18.2 Å². The summed E-state index contributed by atoms with van der Waals surface area (Å²) in [6, 6.07) is 5.72. The molecule has 0 aromatic heterocycles. The number of ketones is 1. The first-order chi connectivity index (χ1) is 7.95. The molecule has 0 amide bonds. The minimum Gasteiger partial charge on any atom is -0.496 e. The van der Waals surface area contributed by atoms with E-state index in [2.05, 4.69) is 13.8 Å². The van der Waals surface area contributed by atoms with Crippen LogP contribution in [0.25, 0.3) is 0 Å². The quantitative estimate of drug-likeness (QED) is 0.853. The summed E-state index contributed by atoms with van der Waals surface area (Å²) in [7, 11) is 1.63. The van der Waals surface area contributed by atoms with Crippen LogP contribution in [0.5, 0.6) is 5.75 Å². The molecule has 2 N–H and O–H groups in total. The minimum atomic E-state index is -0.288. The molecule has 0 spiro atoms. The second-order valence-electron chi connectivity index (χ2n) is 4.67. The third kappa shape index (κ3) is 3.56. The molecular formula is C14H21NO2. The third-order valence-electron chi connectivity index (χ3n) is 2.83. The minimum absolute atomic E-state index is 0.0903. The van der Waals surface area contributed by atoms with Gasteiger partial charge in [0.05, 0.1) is 7.11 Å². The van der Waals surface area contributed by atoms with Gasteiger partial charge >= 0.3 is 0 Å². The topological polar surface area (TPSA) is 52.3 Å². The summed E-state index contributed by atoms with van der Waals surface area (Å²) in [4.78, 5) is 11.1. The lowest BCUT2D eigenvalue weighted by molar-refractivity contribution is -0.117. The second kappa shape index (κ2) is 5.82. The zero-order chi connectivity index (χ0) is 13.0. The van der Waals surface area contributed by atoms with Crippen molar-refractivity contribution in [2.75, 3.05) is 7.11 Å². The van der Waals surface area contributed by atoms with Gasteiger partial charge in [0.1, 0.15) is 11.5 Å². The van der Waals surface area contributed by atoms with Gasteiger partial charge in [-0.15, -0.1) is 0 Å². The van der Waals surface area contributed by atoms with E-state index in [1.54, 1.807) is 14.0 Å². The Morgan fingerprint density at radius 1 is 1.41 bits per heavy atom. The molecule has 3 nitrogen and oxygen atoms in total. The molecule has 0 saturated heterocycles. The van der Waals surface area contributed by atoms with Crippen molar-refractivity contribution in [1.82, 2.24) is 0 Å². The highest BCUT2D eigenvalue weighted by molar-refractivity contribution is 5.76. The Labute approximate surface area is 103 Å². The van der Waals surface area contributed by atoms with E-state index in [0.29, 0.717) is 12.3 Å². The van der Waals surface area contributed by atoms with Gasteiger partial charge in [-0.3, -0.25) is 4.79 Å². The van der Waals surface area contributed by atoms with Crippen LogP contribution in [-0.4, -0.2) is 12.9 Å². The standard InChI is InChI=1S/C14H21NO2/c1-9(2)11-5-6-12(14(8-11)17-4)13(15)7-10(3)16/h5-6,8-9,13H,7,15H2,1-4H3. The van der Waals surface area contributed by atoms with Crippen LogP contribution >= 0.6 is 0 Å². The van der Waals surface area contributed by atoms with Crippen molar-refractivity contribution in [3.8, 4) is 5.75 Å². The Morgan fingerprint density at radius 2 is 2.06 bits per heavy atom. The molecule has 1 atom stereocenters. The zero-order valence-electron chi connectivity index (χ0n) is 11.0. The van der Waals surface area contributed by atoms with Gasteiger partial charge < -0.3 is 10.5 Å². The van der Waals surface area contributed by atoms with Gasteiger partial charge in [-0.25, -0.2) is 0 Å². The van der Waals surface area contributed by atoms with Crippen LogP contribution in [-0.2, 0) is 4.79 Å². The Bertz CT molecular complexity index is 399. The summed E-state index contributed by atoms with van der Waals surface area (Å²) in [6.45, 7) is 5.81. The molecule has 1 aromatic carbocycles. The zero-order valence-corrected chi connectivity index (χ0v) is 11.0. The van der Waals surface area contributed by atoms with Gasteiger partial charge in [0, 0.05) is 18.0 Å². The normalized spacial score (nSPS) is 12.6. The van der Waals surface area contributed by atoms with Gasteiger partial charge in [-0.1, -0.05) is 26.0 Å². The number of nitrogens with two attached hydrogens (primary N) is 1. The molecular weight excluding hydrogens is 214 g/mol. The molecule has 17 heavy (non-hydrogen) atoms. The molecule has 0 aliphatic heterocycles. The van der Waals surface area contributed by atoms with Crippen molar-refractivity contribution >= 4 is 5.78 Å². The van der Waals surface area contributed by atoms with E-state index in [4.69, 9.17) is 10.5 Å². The van der Waals surface area contributed by atoms with Gasteiger partial charge in [0.15, 0.2) is 0 Å². The number of Topliss-reactive ketones (excluding diaryl/α,β-unsaturated/α-hetero) is 1. The van der Waals surface area contributed by atoms with Gasteiger partial charge in [-0.05, 0) is 24.5 Å². The van der Waals surface area contributed by atoms with Gasteiger partial charge in [0.2, 0.25) is 0 Å². The molecule has 1 rings (SSSR count). The van der Waals surface area contributed by atoms with E-state index >= 15 is 0 Å². The molecule has 94 valence electrons. The molecule has 0 radical (unpaired) electrons. The molecule has 3 heteroatoms. The monoisotopic (exact) mass is 235 g/mol. The first-order valence-electron chi connectivity index (χ1n) is 5.88. The van der Waals surface area contributed by atoms with Crippen molar-refractivity contribution in [1.29, 1.82) is 0 Å². The Morgan fingerprint density at radius 3 is 2.53 bits per heavy atom. The third-order valence-corrected chi connectivity index (χ3v) is 2.83. The van der Waals surface area contributed by atoms with Crippen LogP contribution in [0.3, 0.4) is 0 Å². The van der Waals surface area contributed by atoms with E-state index in [-0.39, 0.29) is 11.8 Å². The van der Waals surface area contributed by atoms with Crippen molar-refractivity contribution < 1.29 is 9.53 Å². The number of methoxy groups -OCH3 is 1. The van der Waals surface area contributed by atoms with E-state index in [1.807, 2.05) is 18.2 Å². The maximum atomic E-state index is 11.1. The largest absolute Gasteiger partial charge is 0.496 e. The first kappa shape index (κ1) is 13.7. The first-order valence-corrected chi connectivity index (χ1v) is 5.88. The molecule has 0 saturated carbocycles. The van der Waals surface area contributed by atoms with E-state index in [1.165, 1.54) is 5.56 Å². The van der Waals surface area contributed by atoms with Gasteiger partial charge in [0.25, 0.3) is 0 Å².